The Kier molecular flexibility index (Phi) is 32.0. The average Bonchev–Trinajstić information content (AvgIpc) is 1.36. The quantitative estimate of drug-likeness (QED) is 0.219. The number of hydrogen-bond donors (Lipinski definition) is 3. The first-order valence-electron chi connectivity index (χ1n) is 0.865. The normalized spacial score (nSPS) is 13.1. The van der Waals surface area contributed by atoms with Crippen molar-refractivity contribution in [1.29, 1.82) is 0 Å². The van der Waals surface area contributed by atoms with E-state index >= 15 is 0 Å². The maximum absolute atomic E-state index is 9.26. The van der Waals surface area contributed by atoms with Gasteiger partial charge in [-0.2, -0.15) is 0 Å². The fourth-order valence-corrected chi connectivity index (χ4v) is 0. The molecule has 0 radical (unpaired) electrons. The molecule has 0 aliphatic rings. The molecule has 5 N–H and O–H groups in total. The van der Waals surface area contributed by atoms with Crippen LogP contribution in [-0.2, 0) is 20.2 Å². The minimum Gasteiger partial charge on any atom is -1.00 e. The summed E-state index contributed by atoms with van der Waals surface area (Å²) in [4.78, 5) is 0. The molecule has 0 aromatic carbocycles. The van der Waals surface area contributed by atoms with Gasteiger partial charge >= 0.3 is 59.1 Å². The van der Waals surface area contributed by atoms with Crippen molar-refractivity contribution < 1.29 is 79.5 Å². The SMILES string of the molecule is N.O=S(O)S(=O)O.[H-].[H-].[Na+].[Na+]. The molecule has 50 valence electrons. The van der Waals surface area contributed by atoms with Crippen LogP contribution in [0.4, 0.5) is 0 Å². The van der Waals surface area contributed by atoms with Gasteiger partial charge in [0.2, 0.25) is 0 Å². The van der Waals surface area contributed by atoms with E-state index in [4.69, 9.17) is 9.11 Å². The van der Waals surface area contributed by atoms with E-state index in [2.05, 4.69) is 0 Å². The van der Waals surface area contributed by atoms with Crippen molar-refractivity contribution in [3.8, 4) is 0 Å². The van der Waals surface area contributed by atoms with Crippen LogP contribution in [0.3, 0.4) is 0 Å². The molecule has 2 unspecified atom stereocenters. The summed E-state index contributed by atoms with van der Waals surface area (Å²) in [6, 6.07) is 0. The summed E-state index contributed by atoms with van der Waals surface area (Å²) >= 11 is 0. The fourth-order valence-electron chi connectivity index (χ4n) is 0. The maximum Gasteiger partial charge on any atom is 1.00 e. The minimum absolute atomic E-state index is 0. The second kappa shape index (κ2) is 12.8. The minimum atomic E-state index is -2.59. The Morgan fingerprint density at radius 2 is 1.11 bits per heavy atom. The van der Waals surface area contributed by atoms with Gasteiger partial charge in [-0.05, 0) is 0 Å². The van der Waals surface area contributed by atoms with Gasteiger partial charge in [-0.3, -0.25) is 9.11 Å². The largest absolute Gasteiger partial charge is 1.00 e. The van der Waals surface area contributed by atoms with Gasteiger partial charge in [0.1, 0.15) is 0 Å². The van der Waals surface area contributed by atoms with Gasteiger partial charge in [0.25, 0.3) is 20.2 Å². The molecule has 0 heterocycles. The third-order valence-electron chi connectivity index (χ3n) is 0.122. The Labute approximate surface area is 104 Å². The van der Waals surface area contributed by atoms with Crippen molar-refractivity contribution >= 4 is 20.2 Å². The van der Waals surface area contributed by atoms with E-state index in [0.29, 0.717) is 0 Å². The second-order valence-electron chi connectivity index (χ2n) is 0.434. The van der Waals surface area contributed by atoms with Crippen molar-refractivity contribution in [2.45, 2.75) is 0 Å². The van der Waals surface area contributed by atoms with Gasteiger partial charge in [-0.15, -0.1) is 0 Å². The van der Waals surface area contributed by atoms with Gasteiger partial charge in [-0.25, -0.2) is 8.42 Å². The second-order valence-corrected chi connectivity index (χ2v) is 3.01. The first-order valence-corrected chi connectivity index (χ1v) is 3.60. The van der Waals surface area contributed by atoms with Crippen molar-refractivity contribution in [2.75, 3.05) is 0 Å². The zero-order valence-electron chi connectivity index (χ0n) is 7.23. The molecule has 5 nitrogen and oxygen atoms in total. The van der Waals surface area contributed by atoms with Crippen LogP contribution < -0.4 is 65.3 Å². The van der Waals surface area contributed by atoms with Crippen LogP contribution in [-0.4, -0.2) is 17.5 Å². The van der Waals surface area contributed by atoms with Crippen LogP contribution in [0.2, 0.25) is 0 Å². The monoisotopic (exact) mass is 195 g/mol. The predicted octanol–water partition coefficient (Wildman–Crippen LogP) is -6.26. The third-order valence-corrected chi connectivity index (χ3v) is 1.10. The zero-order valence-corrected chi connectivity index (χ0v) is 10.9. The molecule has 0 saturated heterocycles. The molecule has 0 aliphatic heterocycles. The van der Waals surface area contributed by atoms with Crippen LogP contribution in [0, 0.1) is 0 Å². The molecule has 9 heavy (non-hydrogen) atoms. The van der Waals surface area contributed by atoms with E-state index in [0.717, 1.165) is 0 Å². The summed E-state index contributed by atoms with van der Waals surface area (Å²) in [5.74, 6) is 0. The summed E-state index contributed by atoms with van der Waals surface area (Å²) in [6.45, 7) is 0. The standard InChI is InChI=1S/H3N.2Na.H2O4S2.2H/c;;;1-5(2)6(3)4;;/h1H3;;;(H,1,2)(H,3,4);;/q;2*+1;;2*-1. The van der Waals surface area contributed by atoms with Crippen molar-refractivity contribution in [1.82, 2.24) is 6.15 Å². The van der Waals surface area contributed by atoms with E-state index in [9.17, 15) is 8.42 Å². The molecule has 0 saturated carbocycles. The Morgan fingerprint density at radius 1 is 1.00 bits per heavy atom. The molecular weight excluding hydrogens is 188 g/mol. The summed E-state index contributed by atoms with van der Waals surface area (Å²) in [5.41, 5.74) is 0. The van der Waals surface area contributed by atoms with E-state index in [1.54, 1.807) is 0 Å². The molecule has 0 amide bonds. The van der Waals surface area contributed by atoms with Gasteiger partial charge < -0.3 is 9.00 Å². The van der Waals surface area contributed by atoms with Crippen LogP contribution in [0.1, 0.15) is 2.85 Å². The molecule has 0 rings (SSSR count). The first-order chi connectivity index (χ1) is 2.64. The average molecular weight is 195 g/mol. The fraction of sp³-hybridized carbons (Fsp3) is 0. The summed E-state index contributed by atoms with van der Waals surface area (Å²) in [5, 5.41) is 0. The molecule has 0 aromatic heterocycles. The van der Waals surface area contributed by atoms with Gasteiger partial charge in [-0.1, -0.05) is 0 Å². The Morgan fingerprint density at radius 3 is 1.11 bits per heavy atom. The molecule has 0 spiro atoms. The van der Waals surface area contributed by atoms with Crippen molar-refractivity contribution in [2.24, 2.45) is 0 Å². The van der Waals surface area contributed by atoms with E-state index in [1.807, 2.05) is 0 Å². The smallest absolute Gasteiger partial charge is 1.00 e. The number of rotatable bonds is 1. The Bertz CT molecular complexity index is 90.1. The topological polar surface area (TPSA) is 110 Å². The van der Waals surface area contributed by atoms with Gasteiger partial charge in [0.15, 0.2) is 0 Å². The molecular formula is H7NNa2O4S2. The van der Waals surface area contributed by atoms with Gasteiger partial charge in [0.05, 0.1) is 0 Å². The summed E-state index contributed by atoms with van der Waals surface area (Å²) in [7, 11) is -5.18. The van der Waals surface area contributed by atoms with Crippen molar-refractivity contribution in [3.63, 3.8) is 0 Å². The Hall–Kier alpha value is 2.18. The molecule has 0 aliphatic carbocycles. The zero-order chi connectivity index (χ0) is 5.15. The van der Waals surface area contributed by atoms with E-state index in [-0.39, 0.29) is 68.1 Å². The summed E-state index contributed by atoms with van der Waals surface area (Å²) < 4.78 is 33.6. The third kappa shape index (κ3) is 17.8. The first kappa shape index (κ1) is 22.5. The molecule has 0 aromatic rings. The van der Waals surface area contributed by atoms with E-state index in [1.165, 1.54) is 0 Å². The summed E-state index contributed by atoms with van der Waals surface area (Å²) in [6.07, 6.45) is 0. The molecule has 0 fully saturated rings. The number of hydrogen-bond acceptors (Lipinski definition) is 3. The molecule has 9 heteroatoms. The maximum atomic E-state index is 9.26. The predicted molar refractivity (Wildman–Crippen MR) is 28.8 cm³/mol. The van der Waals surface area contributed by atoms with Crippen molar-refractivity contribution in [3.05, 3.63) is 0 Å². The molecule has 2 atom stereocenters. The van der Waals surface area contributed by atoms with E-state index < -0.39 is 20.2 Å². The van der Waals surface area contributed by atoms with Crippen LogP contribution in [0.15, 0.2) is 0 Å². The van der Waals surface area contributed by atoms with Crippen LogP contribution in [0.25, 0.3) is 0 Å². The Balaban J connectivity index is -0.0000000125. The van der Waals surface area contributed by atoms with Crippen LogP contribution in [0.5, 0.6) is 0 Å². The van der Waals surface area contributed by atoms with Crippen LogP contribution >= 0.6 is 0 Å². The van der Waals surface area contributed by atoms with Gasteiger partial charge in [0, 0.05) is 0 Å². The molecule has 0 bridgehead atoms.